The average Bonchev–Trinajstić information content (AvgIpc) is 2.11. The Morgan fingerprint density at radius 3 is 2.50 bits per heavy atom. The molecule has 0 saturated heterocycles. The Labute approximate surface area is 67.1 Å². The highest BCUT2D eigenvalue weighted by atomic mass is 35.7. The van der Waals surface area contributed by atoms with Crippen LogP contribution in [0.15, 0.2) is 10.5 Å². The Morgan fingerprint density at radius 1 is 1.70 bits per heavy atom. The van der Waals surface area contributed by atoms with Gasteiger partial charge in [-0.1, -0.05) is 0 Å². The summed E-state index contributed by atoms with van der Waals surface area (Å²) in [5.74, 6) is 0. The van der Waals surface area contributed by atoms with Gasteiger partial charge in [-0.25, -0.2) is 13.4 Å². The minimum absolute atomic E-state index is 0.0355. The van der Waals surface area contributed by atoms with Crippen LogP contribution in [0, 0.1) is 6.92 Å². The Morgan fingerprint density at radius 2 is 2.30 bits per heavy atom. The topological polar surface area (TPSA) is 47.0 Å². The van der Waals surface area contributed by atoms with Gasteiger partial charge < -0.3 is 0 Å². The Bertz CT molecular complexity index is 329. The molecule has 0 fully saturated rings. The third-order valence-corrected chi connectivity index (χ3v) is 3.66. The average molecular weight is 198 g/mol. The van der Waals surface area contributed by atoms with Gasteiger partial charge in [0.15, 0.2) is 0 Å². The van der Waals surface area contributed by atoms with E-state index in [0.717, 1.165) is 16.2 Å². The summed E-state index contributed by atoms with van der Waals surface area (Å²) in [5.41, 5.74) is 0. The van der Waals surface area contributed by atoms with Crippen molar-refractivity contribution in [1.82, 2.24) is 4.98 Å². The summed E-state index contributed by atoms with van der Waals surface area (Å²) in [6.45, 7) is 1.77. The van der Waals surface area contributed by atoms with Gasteiger partial charge in [-0.3, -0.25) is 0 Å². The highest BCUT2D eigenvalue weighted by Crippen LogP contribution is 2.20. The summed E-state index contributed by atoms with van der Waals surface area (Å²) >= 11 is 1.06. The first kappa shape index (κ1) is 7.97. The first-order valence-corrected chi connectivity index (χ1v) is 5.50. The van der Waals surface area contributed by atoms with Crippen LogP contribution in [0.25, 0.3) is 0 Å². The number of aromatic nitrogens is 1. The molecule has 6 heteroatoms. The molecular weight excluding hydrogens is 194 g/mol. The van der Waals surface area contributed by atoms with E-state index in [0.29, 0.717) is 0 Å². The number of rotatable bonds is 1. The summed E-state index contributed by atoms with van der Waals surface area (Å²) in [5, 5.41) is 0. The second-order valence-corrected chi connectivity index (χ2v) is 5.65. The molecular formula is C4H4ClNO2S2. The minimum atomic E-state index is -3.60. The van der Waals surface area contributed by atoms with Gasteiger partial charge in [0.25, 0.3) is 9.05 Å². The van der Waals surface area contributed by atoms with Gasteiger partial charge in [0.2, 0.25) is 4.34 Å². The lowest BCUT2D eigenvalue weighted by Gasteiger charge is -1.82. The van der Waals surface area contributed by atoms with Crippen molar-refractivity contribution in [1.29, 1.82) is 0 Å². The molecule has 0 aliphatic heterocycles. The van der Waals surface area contributed by atoms with Crippen LogP contribution < -0.4 is 0 Å². The Balaban J connectivity index is 3.21. The second kappa shape index (κ2) is 2.48. The lowest BCUT2D eigenvalue weighted by Crippen LogP contribution is -1.86. The first-order valence-electron chi connectivity index (χ1n) is 2.37. The number of thiazole rings is 1. The number of hydrogen-bond acceptors (Lipinski definition) is 4. The van der Waals surface area contributed by atoms with Crippen LogP contribution in [0.4, 0.5) is 0 Å². The number of nitrogens with zero attached hydrogens (tertiary/aromatic N) is 1. The van der Waals surface area contributed by atoms with E-state index in [4.69, 9.17) is 10.7 Å². The van der Waals surface area contributed by atoms with E-state index in [-0.39, 0.29) is 4.34 Å². The largest absolute Gasteiger partial charge is 0.288 e. The summed E-state index contributed by atoms with van der Waals surface area (Å²) < 4.78 is 21.1. The van der Waals surface area contributed by atoms with Crippen molar-refractivity contribution in [2.75, 3.05) is 0 Å². The van der Waals surface area contributed by atoms with Crippen LogP contribution in [0.1, 0.15) is 4.88 Å². The molecule has 0 aliphatic carbocycles. The molecule has 0 bridgehead atoms. The summed E-state index contributed by atoms with van der Waals surface area (Å²) in [4.78, 5) is 4.42. The van der Waals surface area contributed by atoms with E-state index >= 15 is 0 Å². The van der Waals surface area contributed by atoms with Gasteiger partial charge in [0.05, 0.1) is 0 Å². The molecule has 0 saturated carbocycles. The second-order valence-electron chi connectivity index (χ2n) is 1.67. The maximum atomic E-state index is 10.6. The molecule has 1 aromatic heterocycles. The molecule has 0 spiro atoms. The molecule has 0 atom stereocenters. The molecule has 3 nitrogen and oxygen atoms in total. The van der Waals surface area contributed by atoms with Crippen molar-refractivity contribution >= 4 is 31.1 Å². The lowest BCUT2D eigenvalue weighted by atomic mass is 10.7. The van der Waals surface area contributed by atoms with E-state index in [1.54, 1.807) is 6.92 Å². The third-order valence-electron chi connectivity index (χ3n) is 0.809. The van der Waals surface area contributed by atoms with Gasteiger partial charge in [0.1, 0.15) is 0 Å². The zero-order chi connectivity index (χ0) is 7.78. The van der Waals surface area contributed by atoms with Gasteiger partial charge in [-0.2, -0.15) is 0 Å². The zero-order valence-corrected chi connectivity index (χ0v) is 7.42. The van der Waals surface area contributed by atoms with Crippen LogP contribution in [0.2, 0.25) is 0 Å². The monoisotopic (exact) mass is 197 g/mol. The molecule has 0 unspecified atom stereocenters. The SMILES string of the molecule is Cc1cnc(S(=O)(=O)Cl)s1. The highest BCUT2D eigenvalue weighted by molar-refractivity contribution is 8.14. The van der Waals surface area contributed by atoms with E-state index in [9.17, 15) is 8.42 Å². The van der Waals surface area contributed by atoms with Crippen LogP contribution in [-0.4, -0.2) is 13.4 Å². The molecule has 0 N–H and O–H groups in total. The predicted octanol–water partition coefficient (Wildman–Crippen LogP) is 1.38. The summed E-state index contributed by atoms with van der Waals surface area (Å²) in [7, 11) is 1.39. The lowest BCUT2D eigenvalue weighted by molar-refractivity contribution is 0.609. The molecule has 0 aromatic carbocycles. The third kappa shape index (κ3) is 1.68. The molecule has 0 aliphatic rings. The van der Waals surface area contributed by atoms with Crippen LogP contribution in [-0.2, 0) is 9.05 Å². The van der Waals surface area contributed by atoms with Crippen LogP contribution >= 0.6 is 22.0 Å². The smallest absolute Gasteiger partial charge is 0.232 e. The zero-order valence-electron chi connectivity index (χ0n) is 5.04. The van der Waals surface area contributed by atoms with Crippen molar-refractivity contribution < 1.29 is 8.42 Å². The van der Waals surface area contributed by atoms with E-state index in [1.807, 2.05) is 0 Å². The minimum Gasteiger partial charge on any atom is -0.232 e. The number of aryl methyl sites for hydroxylation is 1. The molecule has 0 amide bonds. The number of hydrogen-bond donors (Lipinski definition) is 0. The van der Waals surface area contributed by atoms with Crippen LogP contribution in [0.5, 0.6) is 0 Å². The van der Waals surface area contributed by atoms with E-state index in [1.165, 1.54) is 6.20 Å². The first-order chi connectivity index (χ1) is 4.50. The maximum absolute atomic E-state index is 10.6. The fraction of sp³-hybridized carbons (Fsp3) is 0.250. The van der Waals surface area contributed by atoms with Crippen LogP contribution in [0.3, 0.4) is 0 Å². The Kier molecular flexibility index (Phi) is 1.98. The normalized spacial score (nSPS) is 11.8. The summed E-state index contributed by atoms with van der Waals surface area (Å²) in [6, 6.07) is 0. The number of halogens is 1. The molecule has 1 aromatic rings. The molecule has 0 radical (unpaired) electrons. The quantitative estimate of drug-likeness (QED) is 0.639. The standard InChI is InChI=1S/C4H4ClNO2S2/c1-3-2-6-4(9-3)10(5,7)8/h2H,1H3. The molecule has 1 rings (SSSR count). The molecule has 1 heterocycles. The van der Waals surface area contributed by atoms with Crippen molar-refractivity contribution in [3.63, 3.8) is 0 Å². The fourth-order valence-corrected chi connectivity index (χ4v) is 2.31. The van der Waals surface area contributed by atoms with Crippen molar-refractivity contribution in [2.45, 2.75) is 11.3 Å². The van der Waals surface area contributed by atoms with Gasteiger partial charge in [-0.05, 0) is 6.92 Å². The van der Waals surface area contributed by atoms with E-state index in [2.05, 4.69) is 4.98 Å². The van der Waals surface area contributed by atoms with Crippen molar-refractivity contribution in [2.24, 2.45) is 0 Å². The summed E-state index contributed by atoms with van der Waals surface area (Å²) in [6.07, 6.45) is 1.47. The maximum Gasteiger partial charge on any atom is 0.288 e. The molecule has 10 heavy (non-hydrogen) atoms. The van der Waals surface area contributed by atoms with Crippen molar-refractivity contribution in [3.8, 4) is 0 Å². The fourth-order valence-electron chi connectivity index (χ4n) is 0.447. The predicted molar refractivity (Wildman–Crippen MR) is 39.9 cm³/mol. The van der Waals surface area contributed by atoms with Gasteiger partial charge in [0, 0.05) is 21.8 Å². The van der Waals surface area contributed by atoms with Crippen molar-refractivity contribution in [3.05, 3.63) is 11.1 Å². The highest BCUT2D eigenvalue weighted by Gasteiger charge is 2.13. The molecule has 56 valence electrons. The van der Waals surface area contributed by atoms with Gasteiger partial charge >= 0.3 is 0 Å². The van der Waals surface area contributed by atoms with E-state index < -0.39 is 9.05 Å². The Hall–Kier alpha value is -0.130. The van der Waals surface area contributed by atoms with Gasteiger partial charge in [-0.15, -0.1) is 11.3 Å².